The van der Waals surface area contributed by atoms with E-state index < -0.39 is 0 Å². The van der Waals surface area contributed by atoms with Crippen LogP contribution in [0.4, 0.5) is 0 Å². The van der Waals surface area contributed by atoms with Crippen LogP contribution in [0.15, 0.2) is 6.07 Å². The number of carbonyl (C=O) groups excluding carboxylic acids is 2. The fourth-order valence-electron chi connectivity index (χ4n) is 2.75. The summed E-state index contributed by atoms with van der Waals surface area (Å²) < 4.78 is 0. The predicted octanol–water partition coefficient (Wildman–Crippen LogP) is 2.01. The number of ketones is 1. The molecule has 20 heavy (non-hydrogen) atoms. The van der Waals surface area contributed by atoms with Crippen molar-refractivity contribution in [2.24, 2.45) is 5.92 Å². The lowest BCUT2D eigenvalue weighted by atomic mass is 9.95. The molecule has 2 rings (SSSR count). The number of rotatable bonds is 4. The molecule has 0 spiro atoms. The van der Waals surface area contributed by atoms with Gasteiger partial charge in [-0.05, 0) is 45.8 Å². The number of Topliss-reactive ketones (excluding diaryl/α,β-unsaturated/α-hetero) is 1. The van der Waals surface area contributed by atoms with Crippen molar-refractivity contribution in [3.05, 3.63) is 21.4 Å². The monoisotopic (exact) mass is 294 g/mol. The third-order valence-electron chi connectivity index (χ3n) is 3.91. The van der Waals surface area contributed by atoms with Gasteiger partial charge in [0.1, 0.15) is 0 Å². The Bertz CT molecular complexity index is 502. The molecule has 5 heteroatoms. The first-order valence-electron chi connectivity index (χ1n) is 7.05. The van der Waals surface area contributed by atoms with E-state index in [-0.39, 0.29) is 17.6 Å². The quantitative estimate of drug-likeness (QED) is 0.864. The van der Waals surface area contributed by atoms with Gasteiger partial charge in [-0.1, -0.05) is 0 Å². The third kappa shape index (κ3) is 3.46. The summed E-state index contributed by atoms with van der Waals surface area (Å²) in [6, 6.07) is 1.99. The molecule has 0 radical (unpaired) electrons. The van der Waals surface area contributed by atoms with Crippen LogP contribution in [0.5, 0.6) is 0 Å². The molecular weight excluding hydrogens is 272 g/mol. The van der Waals surface area contributed by atoms with Gasteiger partial charge in [0.25, 0.3) is 0 Å². The van der Waals surface area contributed by atoms with Gasteiger partial charge in [-0.2, -0.15) is 0 Å². The number of carbonyl (C=O) groups is 2. The molecular formula is C15H22N2O2S. The molecule has 1 aromatic heterocycles. The molecule has 0 unspecified atom stereocenters. The van der Waals surface area contributed by atoms with Crippen LogP contribution in [0.3, 0.4) is 0 Å². The van der Waals surface area contributed by atoms with Crippen molar-refractivity contribution < 1.29 is 9.59 Å². The zero-order valence-electron chi connectivity index (χ0n) is 12.4. The van der Waals surface area contributed by atoms with E-state index in [1.165, 1.54) is 4.88 Å². The van der Waals surface area contributed by atoms with Crippen molar-refractivity contribution in [3.63, 3.8) is 0 Å². The van der Waals surface area contributed by atoms with Crippen molar-refractivity contribution in [2.45, 2.75) is 26.7 Å². The molecule has 1 aliphatic rings. The van der Waals surface area contributed by atoms with Crippen LogP contribution in [0, 0.1) is 19.8 Å². The minimum Gasteiger partial charge on any atom is -0.359 e. The number of nitrogens with one attached hydrogen (secondary N) is 1. The Kier molecular flexibility index (Phi) is 4.94. The van der Waals surface area contributed by atoms with Crippen LogP contribution in [0.1, 0.15) is 33.0 Å². The van der Waals surface area contributed by atoms with Crippen molar-refractivity contribution >= 4 is 23.0 Å². The smallest absolute Gasteiger partial charge is 0.222 e. The largest absolute Gasteiger partial charge is 0.359 e. The molecule has 2 heterocycles. The first kappa shape index (κ1) is 15.2. The SMILES string of the molecule is CNC(=O)C1CCN(CC(=O)c2cc(C)sc2C)CC1. The highest BCUT2D eigenvalue weighted by atomic mass is 32.1. The Morgan fingerprint density at radius 2 is 2.00 bits per heavy atom. The Hall–Kier alpha value is -1.20. The van der Waals surface area contributed by atoms with Crippen molar-refractivity contribution in [3.8, 4) is 0 Å². The first-order valence-corrected chi connectivity index (χ1v) is 7.87. The molecule has 1 fully saturated rings. The van der Waals surface area contributed by atoms with Crippen LogP contribution in [0.25, 0.3) is 0 Å². The molecule has 110 valence electrons. The number of amides is 1. The summed E-state index contributed by atoms with van der Waals surface area (Å²) in [5.41, 5.74) is 0.862. The van der Waals surface area contributed by atoms with E-state index in [0.717, 1.165) is 36.4 Å². The van der Waals surface area contributed by atoms with Gasteiger partial charge in [-0.15, -0.1) is 11.3 Å². The Morgan fingerprint density at radius 1 is 1.35 bits per heavy atom. The van der Waals surface area contributed by atoms with Gasteiger partial charge in [-0.3, -0.25) is 14.5 Å². The second-order valence-electron chi connectivity index (χ2n) is 5.41. The van der Waals surface area contributed by atoms with Crippen LogP contribution < -0.4 is 5.32 Å². The Balaban J connectivity index is 1.88. The summed E-state index contributed by atoms with van der Waals surface area (Å²) in [5.74, 6) is 0.432. The van der Waals surface area contributed by atoms with Crippen LogP contribution in [-0.2, 0) is 4.79 Å². The van der Waals surface area contributed by atoms with Crippen LogP contribution in [0.2, 0.25) is 0 Å². The van der Waals surface area contributed by atoms with Gasteiger partial charge in [0.15, 0.2) is 5.78 Å². The van der Waals surface area contributed by atoms with Crippen molar-refractivity contribution in [2.75, 3.05) is 26.7 Å². The highest BCUT2D eigenvalue weighted by Gasteiger charge is 2.25. The van der Waals surface area contributed by atoms with E-state index in [0.29, 0.717) is 6.54 Å². The number of hydrogen-bond donors (Lipinski definition) is 1. The average molecular weight is 294 g/mol. The highest BCUT2D eigenvalue weighted by Crippen LogP contribution is 2.22. The molecule has 4 nitrogen and oxygen atoms in total. The lowest BCUT2D eigenvalue weighted by Gasteiger charge is -2.30. The minimum atomic E-state index is 0.108. The zero-order valence-corrected chi connectivity index (χ0v) is 13.2. The van der Waals surface area contributed by atoms with E-state index in [9.17, 15) is 9.59 Å². The summed E-state index contributed by atoms with van der Waals surface area (Å²) in [6.45, 7) is 6.15. The number of thiophene rings is 1. The molecule has 0 aromatic carbocycles. The normalized spacial score (nSPS) is 17.1. The molecule has 1 aromatic rings. The molecule has 1 saturated heterocycles. The third-order valence-corrected chi connectivity index (χ3v) is 4.88. The molecule has 1 aliphatic heterocycles. The molecule has 1 N–H and O–H groups in total. The average Bonchev–Trinajstić information content (AvgIpc) is 2.78. The number of aryl methyl sites for hydroxylation is 2. The standard InChI is InChI=1S/C15H22N2O2S/c1-10-8-13(11(2)20-10)14(18)9-17-6-4-12(5-7-17)15(19)16-3/h8,12H,4-7,9H2,1-3H3,(H,16,19). The Morgan fingerprint density at radius 3 is 2.50 bits per heavy atom. The van der Waals surface area contributed by atoms with Crippen LogP contribution in [-0.4, -0.2) is 43.3 Å². The first-order chi connectivity index (χ1) is 9.51. The molecule has 0 saturated carbocycles. The Labute approximate surface area is 124 Å². The van der Waals surface area contributed by atoms with Gasteiger partial charge in [0.2, 0.25) is 5.91 Å². The summed E-state index contributed by atoms with van der Waals surface area (Å²) in [7, 11) is 1.68. The maximum atomic E-state index is 12.3. The minimum absolute atomic E-state index is 0.108. The second kappa shape index (κ2) is 6.50. The highest BCUT2D eigenvalue weighted by molar-refractivity contribution is 7.12. The summed E-state index contributed by atoms with van der Waals surface area (Å²) >= 11 is 1.67. The lowest BCUT2D eigenvalue weighted by Crippen LogP contribution is -2.41. The fourth-order valence-corrected chi connectivity index (χ4v) is 3.70. The maximum absolute atomic E-state index is 12.3. The second-order valence-corrected chi connectivity index (χ2v) is 6.88. The van der Waals surface area contributed by atoms with Crippen molar-refractivity contribution in [1.82, 2.24) is 10.2 Å². The number of piperidine rings is 1. The summed E-state index contributed by atoms with van der Waals surface area (Å²) in [5, 5.41) is 2.70. The van der Waals surface area contributed by atoms with Gasteiger partial charge >= 0.3 is 0 Å². The molecule has 0 aliphatic carbocycles. The van der Waals surface area contributed by atoms with Crippen molar-refractivity contribution in [1.29, 1.82) is 0 Å². The summed E-state index contributed by atoms with van der Waals surface area (Å²) in [6.07, 6.45) is 1.68. The van der Waals surface area contributed by atoms with Gasteiger partial charge in [0.05, 0.1) is 6.54 Å². The lowest BCUT2D eigenvalue weighted by molar-refractivity contribution is -0.125. The van der Waals surface area contributed by atoms with Gasteiger partial charge < -0.3 is 5.32 Å². The maximum Gasteiger partial charge on any atom is 0.222 e. The molecule has 0 atom stereocenters. The zero-order chi connectivity index (χ0) is 14.7. The van der Waals surface area contributed by atoms with E-state index in [2.05, 4.69) is 10.2 Å². The number of likely N-dealkylation sites (tertiary alicyclic amines) is 1. The number of nitrogens with zero attached hydrogens (tertiary/aromatic N) is 1. The number of hydrogen-bond acceptors (Lipinski definition) is 4. The van der Waals surface area contributed by atoms with Gasteiger partial charge in [-0.25, -0.2) is 0 Å². The van der Waals surface area contributed by atoms with E-state index in [1.54, 1.807) is 18.4 Å². The summed E-state index contributed by atoms with van der Waals surface area (Å²) in [4.78, 5) is 28.3. The van der Waals surface area contributed by atoms with Crippen LogP contribution >= 0.6 is 11.3 Å². The van der Waals surface area contributed by atoms with E-state index in [4.69, 9.17) is 0 Å². The molecule has 1 amide bonds. The van der Waals surface area contributed by atoms with E-state index in [1.807, 2.05) is 19.9 Å². The van der Waals surface area contributed by atoms with E-state index >= 15 is 0 Å². The van der Waals surface area contributed by atoms with Gasteiger partial charge in [0, 0.05) is 28.3 Å². The molecule has 0 bridgehead atoms. The fraction of sp³-hybridized carbons (Fsp3) is 0.600. The predicted molar refractivity (Wildman–Crippen MR) is 81.4 cm³/mol. The topological polar surface area (TPSA) is 49.4 Å².